The first-order chi connectivity index (χ1) is 9.47. The number of fused-ring (bicyclic) bond motifs is 1. The zero-order valence-corrected chi connectivity index (χ0v) is 11.7. The van der Waals surface area contributed by atoms with Crippen LogP contribution in [-0.2, 0) is 9.59 Å². The summed E-state index contributed by atoms with van der Waals surface area (Å²) >= 11 is 0. The topological polar surface area (TPSA) is 75.6 Å². The molecule has 1 unspecified atom stereocenters. The lowest BCUT2D eigenvalue weighted by Crippen LogP contribution is -2.13. The molecule has 1 aliphatic rings. The molecular weight excluding hydrogens is 258 g/mol. The van der Waals surface area contributed by atoms with Gasteiger partial charge in [-0.2, -0.15) is 0 Å². The van der Waals surface area contributed by atoms with Crippen molar-refractivity contribution in [2.24, 2.45) is 5.92 Å². The summed E-state index contributed by atoms with van der Waals surface area (Å²) in [5, 5.41) is 11.8. The molecule has 20 heavy (non-hydrogen) atoms. The molecule has 1 aromatic rings. The standard InChI is InChI=1S/C15H19NO4/c1-9(2)11(8-15(18)19)10-3-4-13-12(7-10)16-14(17)5-6-20-13/h3-4,7,9,11H,5-6,8H2,1-2H3,(H,16,17)(H,18,19). The van der Waals surface area contributed by atoms with Gasteiger partial charge < -0.3 is 15.2 Å². The molecule has 0 fully saturated rings. The van der Waals surface area contributed by atoms with Crippen LogP contribution in [0.5, 0.6) is 5.75 Å². The van der Waals surface area contributed by atoms with Crippen molar-refractivity contribution in [2.45, 2.75) is 32.6 Å². The summed E-state index contributed by atoms with van der Waals surface area (Å²) in [6.07, 6.45) is 0.401. The van der Waals surface area contributed by atoms with Gasteiger partial charge in [0.1, 0.15) is 5.75 Å². The van der Waals surface area contributed by atoms with E-state index in [1.165, 1.54) is 0 Å². The molecule has 0 aliphatic carbocycles. The zero-order chi connectivity index (χ0) is 14.7. The van der Waals surface area contributed by atoms with Crippen LogP contribution in [0.1, 0.15) is 38.2 Å². The molecule has 0 spiro atoms. The van der Waals surface area contributed by atoms with Crippen molar-refractivity contribution in [2.75, 3.05) is 11.9 Å². The first kappa shape index (κ1) is 14.4. The summed E-state index contributed by atoms with van der Waals surface area (Å²) in [5.41, 5.74) is 1.54. The van der Waals surface area contributed by atoms with Crippen LogP contribution in [-0.4, -0.2) is 23.6 Å². The Hall–Kier alpha value is -2.04. The third-order valence-electron chi connectivity index (χ3n) is 3.49. The van der Waals surface area contributed by atoms with Gasteiger partial charge in [0.15, 0.2) is 0 Å². The van der Waals surface area contributed by atoms with Crippen molar-refractivity contribution >= 4 is 17.6 Å². The van der Waals surface area contributed by atoms with E-state index in [1.54, 1.807) is 6.07 Å². The van der Waals surface area contributed by atoms with E-state index in [0.717, 1.165) is 5.56 Å². The maximum atomic E-state index is 11.6. The lowest BCUT2D eigenvalue weighted by molar-refractivity contribution is -0.137. The Morgan fingerprint density at radius 2 is 2.20 bits per heavy atom. The number of hydrogen-bond donors (Lipinski definition) is 2. The van der Waals surface area contributed by atoms with Gasteiger partial charge in [0.25, 0.3) is 0 Å². The number of amides is 1. The Labute approximate surface area is 117 Å². The SMILES string of the molecule is CC(C)C(CC(=O)O)c1ccc2c(c1)NC(=O)CCO2. The Balaban J connectivity index is 2.32. The van der Waals surface area contributed by atoms with Crippen LogP contribution in [0.4, 0.5) is 5.69 Å². The smallest absolute Gasteiger partial charge is 0.303 e. The number of aliphatic carboxylic acids is 1. The number of rotatable bonds is 4. The van der Waals surface area contributed by atoms with E-state index >= 15 is 0 Å². The first-order valence-electron chi connectivity index (χ1n) is 6.75. The lowest BCUT2D eigenvalue weighted by Gasteiger charge is -2.20. The number of carbonyl (C=O) groups is 2. The molecule has 1 heterocycles. The summed E-state index contributed by atoms with van der Waals surface area (Å²) in [7, 11) is 0. The van der Waals surface area contributed by atoms with Gasteiger partial charge in [0, 0.05) is 0 Å². The maximum absolute atomic E-state index is 11.6. The lowest BCUT2D eigenvalue weighted by atomic mass is 9.85. The monoisotopic (exact) mass is 277 g/mol. The highest BCUT2D eigenvalue weighted by molar-refractivity contribution is 5.93. The summed E-state index contributed by atoms with van der Waals surface area (Å²) in [6.45, 7) is 4.35. The fraction of sp³-hybridized carbons (Fsp3) is 0.467. The molecule has 2 rings (SSSR count). The molecule has 1 aliphatic heterocycles. The van der Waals surface area contributed by atoms with Crippen molar-refractivity contribution in [3.8, 4) is 5.75 Å². The molecule has 0 saturated heterocycles. The number of anilines is 1. The van der Waals surface area contributed by atoms with Crippen LogP contribution < -0.4 is 10.1 Å². The fourth-order valence-corrected chi connectivity index (χ4v) is 2.39. The normalized spacial score (nSPS) is 15.8. The molecule has 5 nitrogen and oxygen atoms in total. The minimum Gasteiger partial charge on any atom is -0.491 e. The zero-order valence-electron chi connectivity index (χ0n) is 11.7. The molecule has 108 valence electrons. The first-order valence-corrected chi connectivity index (χ1v) is 6.75. The number of benzene rings is 1. The molecule has 0 saturated carbocycles. The van der Waals surface area contributed by atoms with Gasteiger partial charge in [-0.1, -0.05) is 19.9 Å². The largest absolute Gasteiger partial charge is 0.491 e. The number of nitrogens with one attached hydrogen (secondary N) is 1. The molecule has 0 radical (unpaired) electrons. The minimum atomic E-state index is -0.820. The summed E-state index contributed by atoms with van der Waals surface area (Å²) in [4.78, 5) is 22.5. The fourth-order valence-electron chi connectivity index (χ4n) is 2.39. The van der Waals surface area contributed by atoms with Gasteiger partial charge in [0.05, 0.1) is 25.1 Å². The van der Waals surface area contributed by atoms with Crippen molar-refractivity contribution in [1.82, 2.24) is 0 Å². The Kier molecular flexibility index (Phi) is 4.27. The van der Waals surface area contributed by atoms with Gasteiger partial charge in [-0.15, -0.1) is 0 Å². The predicted molar refractivity (Wildman–Crippen MR) is 75.0 cm³/mol. The van der Waals surface area contributed by atoms with E-state index in [4.69, 9.17) is 9.84 Å². The summed E-state index contributed by atoms with van der Waals surface area (Å²) in [5.74, 6) is -0.152. The van der Waals surface area contributed by atoms with E-state index < -0.39 is 5.97 Å². The minimum absolute atomic E-state index is 0.0747. The molecule has 5 heteroatoms. The number of carbonyl (C=O) groups excluding carboxylic acids is 1. The number of carboxylic acids is 1. The molecular formula is C15H19NO4. The van der Waals surface area contributed by atoms with Crippen LogP contribution in [0, 0.1) is 5.92 Å². The molecule has 0 bridgehead atoms. The van der Waals surface area contributed by atoms with Crippen molar-refractivity contribution in [3.05, 3.63) is 23.8 Å². The van der Waals surface area contributed by atoms with Crippen LogP contribution >= 0.6 is 0 Å². The van der Waals surface area contributed by atoms with E-state index in [-0.39, 0.29) is 24.2 Å². The van der Waals surface area contributed by atoms with Crippen LogP contribution in [0.2, 0.25) is 0 Å². The van der Waals surface area contributed by atoms with Crippen LogP contribution in [0.3, 0.4) is 0 Å². The molecule has 1 atom stereocenters. The molecule has 0 aromatic heterocycles. The Morgan fingerprint density at radius 1 is 1.45 bits per heavy atom. The van der Waals surface area contributed by atoms with Crippen LogP contribution in [0.25, 0.3) is 0 Å². The molecule has 2 N–H and O–H groups in total. The second kappa shape index (κ2) is 5.94. The summed E-state index contributed by atoms with van der Waals surface area (Å²) < 4.78 is 5.50. The third-order valence-corrected chi connectivity index (χ3v) is 3.49. The van der Waals surface area contributed by atoms with E-state index in [1.807, 2.05) is 26.0 Å². The second-order valence-electron chi connectivity index (χ2n) is 5.35. The average molecular weight is 277 g/mol. The molecule has 1 amide bonds. The number of ether oxygens (including phenoxy) is 1. The number of hydrogen-bond acceptors (Lipinski definition) is 3. The Morgan fingerprint density at radius 3 is 2.85 bits per heavy atom. The quantitative estimate of drug-likeness (QED) is 0.887. The van der Waals surface area contributed by atoms with E-state index in [9.17, 15) is 9.59 Å². The van der Waals surface area contributed by atoms with E-state index in [0.29, 0.717) is 24.5 Å². The third kappa shape index (κ3) is 3.29. The second-order valence-corrected chi connectivity index (χ2v) is 5.35. The van der Waals surface area contributed by atoms with Crippen molar-refractivity contribution in [1.29, 1.82) is 0 Å². The highest BCUT2D eigenvalue weighted by Gasteiger charge is 2.22. The number of carboxylic acid groups (broad SMARTS) is 1. The Bertz CT molecular complexity index is 525. The van der Waals surface area contributed by atoms with E-state index in [2.05, 4.69) is 5.32 Å². The molecule has 1 aromatic carbocycles. The predicted octanol–water partition coefficient (Wildman–Crippen LogP) is 2.62. The van der Waals surface area contributed by atoms with Crippen LogP contribution in [0.15, 0.2) is 18.2 Å². The highest BCUT2D eigenvalue weighted by atomic mass is 16.5. The van der Waals surface area contributed by atoms with Gasteiger partial charge in [-0.05, 0) is 29.5 Å². The summed E-state index contributed by atoms with van der Waals surface area (Å²) in [6, 6.07) is 5.50. The van der Waals surface area contributed by atoms with Gasteiger partial charge in [-0.3, -0.25) is 9.59 Å². The van der Waals surface area contributed by atoms with Gasteiger partial charge in [0.2, 0.25) is 5.91 Å². The highest BCUT2D eigenvalue weighted by Crippen LogP contribution is 2.34. The van der Waals surface area contributed by atoms with Gasteiger partial charge in [-0.25, -0.2) is 0 Å². The maximum Gasteiger partial charge on any atom is 0.303 e. The van der Waals surface area contributed by atoms with Crippen molar-refractivity contribution in [3.63, 3.8) is 0 Å². The van der Waals surface area contributed by atoms with Crippen molar-refractivity contribution < 1.29 is 19.4 Å². The average Bonchev–Trinajstić information content (AvgIpc) is 2.55. The van der Waals surface area contributed by atoms with Gasteiger partial charge >= 0.3 is 5.97 Å².